The Morgan fingerprint density at radius 3 is 2.87 bits per heavy atom. The summed E-state index contributed by atoms with van der Waals surface area (Å²) in [4.78, 5) is 10.6. The molecule has 0 aromatic heterocycles. The zero-order valence-corrected chi connectivity index (χ0v) is 9.51. The van der Waals surface area contributed by atoms with Crippen LogP contribution in [0.3, 0.4) is 0 Å². The van der Waals surface area contributed by atoms with Crippen LogP contribution in [0.5, 0.6) is 0 Å². The van der Waals surface area contributed by atoms with Crippen molar-refractivity contribution in [1.82, 2.24) is 0 Å². The molecule has 82 valence electrons. The van der Waals surface area contributed by atoms with Crippen LogP contribution in [0, 0.1) is 12.8 Å². The Bertz CT molecular complexity index is 366. The highest BCUT2D eigenvalue weighted by Crippen LogP contribution is 2.22. The second kappa shape index (κ2) is 5.03. The molecule has 1 unspecified atom stereocenters. The number of benzene rings is 1. The van der Waals surface area contributed by atoms with Gasteiger partial charge in [0, 0.05) is 17.3 Å². The molecule has 0 aliphatic rings. The van der Waals surface area contributed by atoms with Crippen molar-refractivity contribution in [1.29, 1.82) is 0 Å². The molecule has 1 aromatic carbocycles. The van der Waals surface area contributed by atoms with Crippen LogP contribution in [0.4, 0.5) is 5.69 Å². The number of nitrogens with one attached hydrogen (secondary N) is 1. The normalized spacial score (nSPS) is 12.2. The molecule has 0 heterocycles. The van der Waals surface area contributed by atoms with E-state index in [-0.39, 0.29) is 0 Å². The molecule has 0 aliphatic heterocycles. The van der Waals surface area contributed by atoms with Crippen LogP contribution in [0.2, 0.25) is 5.02 Å². The first-order chi connectivity index (χ1) is 7.02. The summed E-state index contributed by atoms with van der Waals surface area (Å²) in [5, 5.41) is 12.5. The first kappa shape index (κ1) is 11.9. The van der Waals surface area contributed by atoms with Crippen molar-refractivity contribution in [2.75, 3.05) is 11.9 Å². The first-order valence-corrected chi connectivity index (χ1v) is 5.12. The number of carboxylic acid groups (broad SMARTS) is 1. The van der Waals surface area contributed by atoms with Gasteiger partial charge < -0.3 is 10.4 Å². The van der Waals surface area contributed by atoms with E-state index in [9.17, 15) is 4.79 Å². The zero-order valence-electron chi connectivity index (χ0n) is 8.75. The largest absolute Gasteiger partial charge is 0.481 e. The van der Waals surface area contributed by atoms with Gasteiger partial charge in [-0.2, -0.15) is 0 Å². The predicted molar refractivity (Wildman–Crippen MR) is 61.5 cm³/mol. The van der Waals surface area contributed by atoms with Crippen LogP contribution >= 0.6 is 11.6 Å². The molecule has 4 heteroatoms. The van der Waals surface area contributed by atoms with Gasteiger partial charge in [0.25, 0.3) is 0 Å². The SMILES string of the molecule is Cc1c(Cl)cccc1NCC(C)C(=O)O. The summed E-state index contributed by atoms with van der Waals surface area (Å²) in [6, 6.07) is 5.53. The van der Waals surface area contributed by atoms with Crippen LogP contribution in [0.15, 0.2) is 18.2 Å². The quantitative estimate of drug-likeness (QED) is 0.832. The first-order valence-electron chi connectivity index (χ1n) is 4.74. The van der Waals surface area contributed by atoms with Gasteiger partial charge in [0.1, 0.15) is 0 Å². The molecule has 1 aromatic rings. The number of halogens is 1. The van der Waals surface area contributed by atoms with Crippen molar-refractivity contribution in [3.63, 3.8) is 0 Å². The van der Waals surface area contributed by atoms with Gasteiger partial charge in [0.2, 0.25) is 0 Å². The lowest BCUT2D eigenvalue weighted by Crippen LogP contribution is -2.19. The Morgan fingerprint density at radius 1 is 1.60 bits per heavy atom. The van der Waals surface area contributed by atoms with Gasteiger partial charge in [-0.3, -0.25) is 4.79 Å². The maximum absolute atomic E-state index is 10.6. The molecule has 0 spiro atoms. The molecule has 0 saturated carbocycles. The molecular weight excluding hydrogens is 214 g/mol. The minimum atomic E-state index is -0.804. The monoisotopic (exact) mass is 227 g/mol. The van der Waals surface area contributed by atoms with E-state index >= 15 is 0 Å². The van der Waals surface area contributed by atoms with Crippen molar-refractivity contribution in [3.05, 3.63) is 28.8 Å². The standard InChI is InChI=1S/C11H14ClNO2/c1-7(11(14)15)6-13-10-5-3-4-9(12)8(10)2/h3-5,7,13H,6H2,1-2H3,(H,14,15). The summed E-state index contributed by atoms with van der Waals surface area (Å²) < 4.78 is 0. The summed E-state index contributed by atoms with van der Waals surface area (Å²) in [6.45, 7) is 3.96. The van der Waals surface area contributed by atoms with Crippen molar-refractivity contribution in [2.24, 2.45) is 5.92 Å². The Morgan fingerprint density at radius 2 is 2.27 bits per heavy atom. The molecule has 1 atom stereocenters. The minimum Gasteiger partial charge on any atom is -0.481 e. The molecule has 15 heavy (non-hydrogen) atoms. The maximum atomic E-state index is 10.6. The number of hydrogen-bond donors (Lipinski definition) is 2. The van der Waals surface area contributed by atoms with Crippen molar-refractivity contribution >= 4 is 23.3 Å². The van der Waals surface area contributed by atoms with Gasteiger partial charge in [-0.25, -0.2) is 0 Å². The van der Waals surface area contributed by atoms with E-state index in [1.54, 1.807) is 6.92 Å². The third-order valence-electron chi connectivity index (χ3n) is 2.29. The van der Waals surface area contributed by atoms with Gasteiger partial charge in [-0.05, 0) is 24.6 Å². The van der Waals surface area contributed by atoms with Crippen LogP contribution < -0.4 is 5.32 Å². The van der Waals surface area contributed by atoms with Crippen LogP contribution in [0.25, 0.3) is 0 Å². The third kappa shape index (κ3) is 3.13. The Labute approximate surface area is 94.1 Å². The predicted octanol–water partition coefficient (Wildman–Crippen LogP) is 2.78. The Hall–Kier alpha value is -1.22. The Balaban J connectivity index is 2.66. The lowest BCUT2D eigenvalue weighted by molar-refractivity contribution is -0.140. The molecule has 0 amide bonds. The molecule has 1 rings (SSSR count). The second-order valence-electron chi connectivity index (χ2n) is 3.53. The van der Waals surface area contributed by atoms with Crippen molar-refractivity contribution < 1.29 is 9.90 Å². The van der Waals surface area contributed by atoms with E-state index in [1.165, 1.54) is 0 Å². The topological polar surface area (TPSA) is 49.3 Å². The van der Waals surface area contributed by atoms with E-state index in [0.717, 1.165) is 11.3 Å². The molecule has 0 fully saturated rings. The highest BCUT2D eigenvalue weighted by molar-refractivity contribution is 6.31. The number of carboxylic acids is 1. The lowest BCUT2D eigenvalue weighted by atomic mass is 10.1. The summed E-state index contributed by atoms with van der Waals surface area (Å²) >= 11 is 5.94. The fraction of sp³-hybridized carbons (Fsp3) is 0.364. The number of carbonyl (C=O) groups is 1. The van der Waals surface area contributed by atoms with Crippen LogP contribution in [0.1, 0.15) is 12.5 Å². The average molecular weight is 228 g/mol. The lowest BCUT2D eigenvalue weighted by Gasteiger charge is -2.12. The second-order valence-corrected chi connectivity index (χ2v) is 3.94. The minimum absolute atomic E-state index is 0.399. The van der Waals surface area contributed by atoms with Gasteiger partial charge >= 0.3 is 5.97 Å². The summed E-state index contributed by atoms with van der Waals surface area (Å²) in [6.07, 6.45) is 0. The van der Waals surface area contributed by atoms with Crippen molar-refractivity contribution in [2.45, 2.75) is 13.8 Å². The maximum Gasteiger partial charge on any atom is 0.308 e. The number of hydrogen-bond acceptors (Lipinski definition) is 2. The smallest absolute Gasteiger partial charge is 0.308 e. The number of anilines is 1. The fourth-order valence-corrected chi connectivity index (χ4v) is 1.32. The van der Waals surface area contributed by atoms with E-state index in [4.69, 9.17) is 16.7 Å². The van der Waals surface area contributed by atoms with E-state index in [2.05, 4.69) is 5.32 Å². The zero-order chi connectivity index (χ0) is 11.4. The third-order valence-corrected chi connectivity index (χ3v) is 2.70. The van der Waals surface area contributed by atoms with Crippen LogP contribution in [-0.2, 0) is 4.79 Å². The summed E-state index contributed by atoms with van der Waals surface area (Å²) in [5.41, 5.74) is 1.83. The summed E-state index contributed by atoms with van der Waals surface area (Å²) in [5.74, 6) is -1.22. The fourth-order valence-electron chi connectivity index (χ4n) is 1.15. The van der Waals surface area contributed by atoms with E-state index in [1.807, 2.05) is 25.1 Å². The molecule has 0 bridgehead atoms. The van der Waals surface area contributed by atoms with Gasteiger partial charge in [0.05, 0.1) is 5.92 Å². The highest BCUT2D eigenvalue weighted by atomic mass is 35.5. The number of rotatable bonds is 4. The molecule has 2 N–H and O–H groups in total. The summed E-state index contributed by atoms with van der Waals surface area (Å²) in [7, 11) is 0. The average Bonchev–Trinajstić information content (AvgIpc) is 2.19. The Kier molecular flexibility index (Phi) is 3.97. The van der Waals surface area contributed by atoms with Gasteiger partial charge in [-0.1, -0.05) is 24.6 Å². The molecule has 0 aliphatic carbocycles. The number of aliphatic carboxylic acids is 1. The molecule has 0 radical (unpaired) electrons. The van der Waals surface area contributed by atoms with Crippen molar-refractivity contribution in [3.8, 4) is 0 Å². The van der Waals surface area contributed by atoms with Gasteiger partial charge in [0.15, 0.2) is 0 Å². The molecular formula is C11H14ClNO2. The molecule has 3 nitrogen and oxygen atoms in total. The highest BCUT2D eigenvalue weighted by Gasteiger charge is 2.10. The van der Waals surface area contributed by atoms with Gasteiger partial charge in [-0.15, -0.1) is 0 Å². The van der Waals surface area contributed by atoms with E-state index in [0.29, 0.717) is 11.6 Å². The molecule has 0 saturated heterocycles. The van der Waals surface area contributed by atoms with E-state index < -0.39 is 11.9 Å². The van der Waals surface area contributed by atoms with Crippen LogP contribution in [-0.4, -0.2) is 17.6 Å².